The van der Waals surface area contributed by atoms with Gasteiger partial charge in [0.25, 0.3) is 0 Å². The highest BCUT2D eigenvalue weighted by Crippen LogP contribution is 2.24. The van der Waals surface area contributed by atoms with Crippen molar-refractivity contribution in [3.05, 3.63) is 0 Å². The van der Waals surface area contributed by atoms with E-state index in [2.05, 4.69) is 0 Å². The summed E-state index contributed by atoms with van der Waals surface area (Å²) < 4.78 is 34.2. The first-order chi connectivity index (χ1) is 4.65. The quantitative estimate of drug-likeness (QED) is 0.656. The van der Waals surface area contributed by atoms with E-state index in [1.807, 2.05) is 0 Å². The summed E-state index contributed by atoms with van der Waals surface area (Å²) >= 11 is 0. The fourth-order valence-corrected chi connectivity index (χ4v) is 2.15. The van der Waals surface area contributed by atoms with Crippen LogP contribution >= 0.6 is 10.7 Å². The third kappa shape index (κ3) is 4.58. The summed E-state index contributed by atoms with van der Waals surface area (Å²) in [6.07, 6.45) is 0. The van der Waals surface area contributed by atoms with Crippen LogP contribution in [0.15, 0.2) is 0 Å². The van der Waals surface area contributed by atoms with E-state index in [0.29, 0.717) is 0 Å². The Hall–Kier alpha value is 0.170. The molecule has 0 spiro atoms. The van der Waals surface area contributed by atoms with Gasteiger partial charge in [0.05, 0.1) is 5.75 Å². The maximum atomic E-state index is 13.2. The van der Waals surface area contributed by atoms with Gasteiger partial charge in [-0.3, -0.25) is 0 Å². The second-order valence-electron chi connectivity index (χ2n) is 3.12. The van der Waals surface area contributed by atoms with E-state index in [4.69, 9.17) is 10.7 Å². The number of halogens is 2. The van der Waals surface area contributed by atoms with Gasteiger partial charge in [-0.15, -0.1) is 0 Å². The molecular weight excluding hydrogens is 191 g/mol. The van der Waals surface area contributed by atoms with Crippen molar-refractivity contribution in [3.63, 3.8) is 0 Å². The van der Waals surface area contributed by atoms with Gasteiger partial charge in [-0.05, 0) is 12.8 Å². The van der Waals surface area contributed by atoms with E-state index in [1.165, 1.54) is 6.92 Å². The summed E-state index contributed by atoms with van der Waals surface area (Å²) in [6, 6.07) is 0. The van der Waals surface area contributed by atoms with Crippen LogP contribution in [0.3, 0.4) is 0 Å². The second-order valence-corrected chi connectivity index (χ2v) is 5.89. The molecule has 0 heterocycles. The molecule has 0 rings (SSSR count). The Balaban J connectivity index is 4.38. The maximum absolute atomic E-state index is 13.2. The lowest BCUT2D eigenvalue weighted by atomic mass is 9.97. The predicted molar refractivity (Wildman–Crippen MR) is 44.0 cm³/mol. The number of hydrogen-bond acceptors (Lipinski definition) is 2. The molecule has 0 aromatic heterocycles. The molecule has 5 heteroatoms. The Morgan fingerprint density at radius 1 is 1.55 bits per heavy atom. The zero-order chi connectivity index (χ0) is 9.28. The molecule has 0 amide bonds. The molecule has 0 aliphatic heterocycles. The van der Waals surface area contributed by atoms with E-state index >= 15 is 0 Å². The molecule has 0 aromatic carbocycles. The van der Waals surface area contributed by atoms with Gasteiger partial charge in [-0.2, -0.15) is 0 Å². The van der Waals surface area contributed by atoms with Gasteiger partial charge in [0.2, 0.25) is 9.05 Å². The van der Waals surface area contributed by atoms with E-state index in [-0.39, 0.29) is 5.92 Å². The molecule has 11 heavy (non-hydrogen) atoms. The van der Waals surface area contributed by atoms with Crippen LogP contribution in [-0.4, -0.2) is 19.8 Å². The largest absolute Gasteiger partial charge is 0.243 e. The third-order valence-electron chi connectivity index (χ3n) is 1.66. The van der Waals surface area contributed by atoms with Gasteiger partial charge in [0, 0.05) is 10.7 Å². The average Bonchev–Trinajstić information content (AvgIpc) is 1.56. The van der Waals surface area contributed by atoms with Gasteiger partial charge in [0.15, 0.2) is 0 Å². The lowest BCUT2D eigenvalue weighted by Gasteiger charge is -2.22. The van der Waals surface area contributed by atoms with Gasteiger partial charge in [-0.25, -0.2) is 12.8 Å². The molecule has 1 unspecified atom stereocenters. The van der Waals surface area contributed by atoms with Crippen molar-refractivity contribution >= 4 is 19.7 Å². The molecule has 0 saturated heterocycles. The van der Waals surface area contributed by atoms with Crippen LogP contribution in [0.1, 0.15) is 20.8 Å². The standard InChI is InChI=1S/C6H12ClFO2S/c1-5(2)6(3,8)4-11(7,9)10/h5H,4H2,1-3H3. The van der Waals surface area contributed by atoms with Crippen LogP contribution in [-0.2, 0) is 9.05 Å². The van der Waals surface area contributed by atoms with Gasteiger partial charge in [0.1, 0.15) is 5.67 Å². The predicted octanol–water partition coefficient (Wildman–Crippen LogP) is 1.94. The minimum Gasteiger partial charge on any atom is -0.243 e. The minimum absolute atomic E-state index is 0.351. The smallest absolute Gasteiger partial charge is 0.235 e. The summed E-state index contributed by atoms with van der Waals surface area (Å²) in [4.78, 5) is 0. The van der Waals surface area contributed by atoms with E-state index in [1.54, 1.807) is 13.8 Å². The topological polar surface area (TPSA) is 34.1 Å². The molecule has 68 valence electrons. The third-order valence-corrected chi connectivity index (χ3v) is 2.90. The first-order valence-electron chi connectivity index (χ1n) is 3.26. The van der Waals surface area contributed by atoms with E-state index in [9.17, 15) is 12.8 Å². The van der Waals surface area contributed by atoms with Crippen LogP contribution in [0.2, 0.25) is 0 Å². The molecule has 2 nitrogen and oxygen atoms in total. The van der Waals surface area contributed by atoms with Gasteiger partial charge in [-0.1, -0.05) is 13.8 Å². The molecule has 0 radical (unpaired) electrons. The van der Waals surface area contributed by atoms with Crippen molar-refractivity contribution in [3.8, 4) is 0 Å². The van der Waals surface area contributed by atoms with Crippen LogP contribution in [0.5, 0.6) is 0 Å². The fraction of sp³-hybridized carbons (Fsp3) is 1.00. The molecule has 0 N–H and O–H groups in total. The Labute approximate surface area is 71.2 Å². The lowest BCUT2D eigenvalue weighted by Crippen LogP contribution is -2.32. The fourth-order valence-electron chi connectivity index (χ4n) is 0.504. The van der Waals surface area contributed by atoms with Crippen molar-refractivity contribution < 1.29 is 12.8 Å². The highest BCUT2D eigenvalue weighted by atomic mass is 35.7. The van der Waals surface area contributed by atoms with Crippen molar-refractivity contribution in [1.82, 2.24) is 0 Å². The maximum Gasteiger partial charge on any atom is 0.235 e. The molecular formula is C6H12ClFO2S. The zero-order valence-electron chi connectivity index (χ0n) is 6.77. The molecule has 1 atom stereocenters. The van der Waals surface area contributed by atoms with E-state index < -0.39 is 20.5 Å². The van der Waals surface area contributed by atoms with E-state index in [0.717, 1.165) is 0 Å². The number of alkyl halides is 1. The van der Waals surface area contributed by atoms with Gasteiger partial charge >= 0.3 is 0 Å². The first-order valence-corrected chi connectivity index (χ1v) is 5.74. The Morgan fingerprint density at radius 2 is 1.91 bits per heavy atom. The highest BCUT2D eigenvalue weighted by Gasteiger charge is 2.32. The Bertz CT molecular complexity index is 221. The summed E-state index contributed by atoms with van der Waals surface area (Å²) in [5.74, 6) is -0.977. The van der Waals surface area contributed by atoms with Gasteiger partial charge < -0.3 is 0 Å². The van der Waals surface area contributed by atoms with Crippen molar-refractivity contribution in [2.24, 2.45) is 5.92 Å². The molecule has 0 aliphatic carbocycles. The molecule has 0 aliphatic rings. The lowest BCUT2D eigenvalue weighted by molar-refractivity contribution is 0.152. The average molecular weight is 203 g/mol. The van der Waals surface area contributed by atoms with Crippen molar-refractivity contribution in [1.29, 1.82) is 0 Å². The zero-order valence-corrected chi connectivity index (χ0v) is 8.34. The second kappa shape index (κ2) is 3.27. The summed E-state index contributed by atoms with van der Waals surface area (Å²) in [7, 11) is 1.16. The van der Waals surface area contributed by atoms with Crippen molar-refractivity contribution in [2.75, 3.05) is 5.75 Å². The highest BCUT2D eigenvalue weighted by molar-refractivity contribution is 8.13. The number of rotatable bonds is 3. The molecule has 0 saturated carbocycles. The van der Waals surface area contributed by atoms with Crippen LogP contribution < -0.4 is 0 Å². The SMILES string of the molecule is CC(C)C(C)(F)CS(=O)(=O)Cl. The van der Waals surface area contributed by atoms with Crippen LogP contribution in [0, 0.1) is 5.92 Å². The summed E-state index contributed by atoms with van der Waals surface area (Å²) in [5, 5.41) is 0. The molecule has 0 aromatic rings. The first kappa shape index (κ1) is 11.2. The molecule has 0 fully saturated rings. The van der Waals surface area contributed by atoms with Crippen LogP contribution in [0.4, 0.5) is 4.39 Å². The normalized spacial score (nSPS) is 18.4. The summed E-state index contributed by atoms with van der Waals surface area (Å²) in [6.45, 7) is 4.46. The minimum atomic E-state index is -3.73. The Morgan fingerprint density at radius 3 is 2.00 bits per heavy atom. The molecule has 0 bridgehead atoms. The number of hydrogen-bond donors (Lipinski definition) is 0. The monoisotopic (exact) mass is 202 g/mol. The van der Waals surface area contributed by atoms with Crippen LogP contribution in [0.25, 0.3) is 0 Å². The Kier molecular flexibility index (Phi) is 3.32. The summed E-state index contributed by atoms with van der Waals surface area (Å²) in [5.41, 5.74) is -1.74. The van der Waals surface area contributed by atoms with Crippen molar-refractivity contribution in [2.45, 2.75) is 26.4 Å².